The van der Waals surface area contributed by atoms with Gasteiger partial charge in [0.1, 0.15) is 11.4 Å². The van der Waals surface area contributed by atoms with Gasteiger partial charge in [0.25, 0.3) is 0 Å². The Morgan fingerprint density at radius 3 is 2.60 bits per heavy atom. The first-order chi connectivity index (χ1) is 6.90. The summed E-state index contributed by atoms with van der Waals surface area (Å²) in [6, 6.07) is 0.384. The van der Waals surface area contributed by atoms with Crippen LogP contribution in [0.1, 0.15) is 42.5 Å². The van der Waals surface area contributed by atoms with E-state index in [9.17, 15) is 18.0 Å². The largest absolute Gasteiger partial charge is 0.433 e. The number of nitrogens with zero attached hydrogens (tertiary/aromatic N) is 2. The Balaban J connectivity index is 3.23. The maximum atomic E-state index is 12.5. The third kappa shape index (κ3) is 2.37. The van der Waals surface area contributed by atoms with E-state index in [1.54, 1.807) is 13.8 Å². The minimum Gasteiger partial charge on any atom is -0.296 e. The highest BCUT2D eigenvalue weighted by Gasteiger charge is 2.36. The Bertz CT molecular complexity index is 357. The van der Waals surface area contributed by atoms with Crippen molar-refractivity contribution in [3.05, 3.63) is 17.5 Å². The molecule has 0 aliphatic rings. The molecular formula is C9H11F3N2O. The fourth-order valence-electron chi connectivity index (χ4n) is 1.19. The topological polar surface area (TPSA) is 34.9 Å². The van der Waals surface area contributed by atoms with Gasteiger partial charge in [0, 0.05) is 6.04 Å². The molecule has 1 aromatic heterocycles. The van der Waals surface area contributed by atoms with Crippen LogP contribution < -0.4 is 0 Å². The fourth-order valence-corrected chi connectivity index (χ4v) is 1.19. The molecule has 0 fully saturated rings. The summed E-state index contributed by atoms with van der Waals surface area (Å²) in [4.78, 5) is 10.4. The molecule has 15 heavy (non-hydrogen) atoms. The van der Waals surface area contributed by atoms with Crippen molar-refractivity contribution in [2.75, 3.05) is 0 Å². The van der Waals surface area contributed by atoms with Crippen molar-refractivity contribution in [2.45, 2.75) is 32.5 Å². The Morgan fingerprint density at radius 1 is 1.60 bits per heavy atom. The van der Waals surface area contributed by atoms with Crippen molar-refractivity contribution >= 4 is 6.29 Å². The van der Waals surface area contributed by atoms with Crippen molar-refractivity contribution in [1.82, 2.24) is 9.78 Å². The summed E-state index contributed by atoms with van der Waals surface area (Å²) in [5.41, 5.74) is -1.07. The van der Waals surface area contributed by atoms with Crippen LogP contribution in [-0.4, -0.2) is 16.1 Å². The van der Waals surface area contributed by atoms with Gasteiger partial charge in [-0.05, 0) is 19.4 Å². The molecule has 0 aromatic carbocycles. The van der Waals surface area contributed by atoms with Gasteiger partial charge in [-0.15, -0.1) is 0 Å². The molecule has 84 valence electrons. The van der Waals surface area contributed by atoms with Crippen molar-refractivity contribution < 1.29 is 18.0 Å². The van der Waals surface area contributed by atoms with E-state index < -0.39 is 11.9 Å². The van der Waals surface area contributed by atoms with Crippen LogP contribution in [0.25, 0.3) is 0 Å². The monoisotopic (exact) mass is 220 g/mol. The van der Waals surface area contributed by atoms with Crippen LogP contribution >= 0.6 is 0 Å². The Hall–Kier alpha value is -1.33. The van der Waals surface area contributed by atoms with E-state index in [-0.39, 0.29) is 11.7 Å². The predicted molar refractivity (Wildman–Crippen MR) is 47.6 cm³/mol. The van der Waals surface area contributed by atoms with E-state index >= 15 is 0 Å². The number of hydrogen-bond donors (Lipinski definition) is 0. The molecule has 1 unspecified atom stereocenters. The third-order valence-electron chi connectivity index (χ3n) is 2.17. The molecule has 1 atom stereocenters. The number of rotatable bonds is 3. The van der Waals surface area contributed by atoms with Gasteiger partial charge >= 0.3 is 6.18 Å². The maximum Gasteiger partial charge on any atom is 0.433 e. The quantitative estimate of drug-likeness (QED) is 0.734. The molecular weight excluding hydrogens is 209 g/mol. The number of alkyl halides is 3. The molecule has 1 aromatic rings. The van der Waals surface area contributed by atoms with Gasteiger partial charge in [0.2, 0.25) is 0 Å². The molecule has 3 nitrogen and oxygen atoms in total. The van der Waals surface area contributed by atoms with Crippen LogP contribution in [0.4, 0.5) is 13.2 Å². The molecule has 0 aliphatic carbocycles. The number of aromatic nitrogens is 2. The standard InChI is InChI=1S/C9H11F3N2O/c1-3-6(2)14-8(9(10,11)12)4-7(5-15)13-14/h4-6H,3H2,1-2H3. The normalized spacial score (nSPS) is 13.9. The minimum atomic E-state index is -4.47. The van der Waals surface area contributed by atoms with Gasteiger partial charge in [-0.3, -0.25) is 9.48 Å². The summed E-state index contributed by atoms with van der Waals surface area (Å²) in [5, 5.41) is 3.59. The number of carbonyl (C=O) groups is 1. The van der Waals surface area contributed by atoms with Gasteiger partial charge < -0.3 is 0 Å². The van der Waals surface area contributed by atoms with Crippen molar-refractivity contribution in [1.29, 1.82) is 0 Å². The minimum absolute atomic E-state index is 0.192. The predicted octanol–water partition coefficient (Wildman–Crippen LogP) is 2.69. The smallest absolute Gasteiger partial charge is 0.296 e. The van der Waals surface area contributed by atoms with Crippen LogP contribution in [0, 0.1) is 0 Å². The van der Waals surface area contributed by atoms with Gasteiger partial charge in [-0.25, -0.2) is 0 Å². The van der Waals surface area contributed by atoms with Crippen LogP contribution in [0.15, 0.2) is 6.07 Å². The molecule has 1 heterocycles. The SMILES string of the molecule is CCC(C)n1nc(C=O)cc1C(F)(F)F. The van der Waals surface area contributed by atoms with E-state index in [1.165, 1.54) is 0 Å². The van der Waals surface area contributed by atoms with Gasteiger partial charge in [0.15, 0.2) is 6.29 Å². The first-order valence-electron chi connectivity index (χ1n) is 4.52. The Labute approximate surface area is 84.9 Å². The van der Waals surface area contributed by atoms with E-state index in [4.69, 9.17) is 0 Å². The molecule has 0 bridgehead atoms. The Kier molecular flexibility index (Phi) is 3.16. The van der Waals surface area contributed by atoms with Crippen LogP contribution in [0.3, 0.4) is 0 Å². The lowest BCUT2D eigenvalue weighted by atomic mass is 10.2. The van der Waals surface area contributed by atoms with Gasteiger partial charge in [0.05, 0.1) is 0 Å². The molecule has 0 saturated heterocycles. The lowest BCUT2D eigenvalue weighted by Crippen LogP contribution is -2.17. The highest BCUT2D eigenvalue weighted by Crippen LogP contribution is 2.31. The molecule has 0 spiro atoms. The van der Waals surface area contributed by atoms with E-state index in [2.05, 4.69) is 5.10 Å². The fraction of sp³-hybridized carbons (Fsp3) is 0.556. The van der Waals surface area contributed by atoms with Crippen LogP contribution in [0.5, 0.6) is 0 Å². The molecule has 0 saturated carbocycles. The second kappa shape index (κ2) is 4.04. The van der Waals surface area contributed by atoms with Crippen molar-refractivity contribution in [3.63, 3.8) is 0 Å². The van der Waals surface area contributed by atoms with Gasteiger partial charge in [-0.1, -0.05) is 6.92 Å². The summed E-state index contributed by atoms with van der Waals surface area (Å²) in [7, 11) is 0. The highest BCUT2D eigenvalue weighted by molar-refractivity contribution is 5.71. The summed E-state index contributed by atoms with van der Waals surface area (Å²) in [6.07, 6.45) is -3.64. The molecule has 6 heteroatoms. The average molecular weight is 220 g/mol. The molecule has 1 rings (SSSR count). The van der Waals surface area contributed by atoms with Crippen LogP contribution in [-0.2, 0) is 6.18 Å². The number of hydrogen-bond acceptors (Lipinski definition) is 2. The summed E-state index contributed by atoms with van der Waals surface area (Å²) >= 11 is 0. The molecule has 0 amide bonds. The number of halogens is 3. The van der Waals surface area contributed by atoms with E-state index in [0.29, 0.717) is 12.7 Å². The summed E-state index contributed by atoms with van der Waals surface area (Å²) in [6.45, 7) is 3.38. The zero-order chi connectivity index (χ0) is 11.6. The zero-order valence-electron chi connectivity index (χ0n) is 8.38. The first-order valence-corrected chi connectivity index (χ1v) is 4.52. The second-order valence-corrected chi connectivity index (χ2v) is 3.27. The van der Waals surface area contributed by atoms with Gasteiger partial charge in [-0.2, -0.15) is 18.3 Å². The second-order valence-electron chi connectivity index (χ2n) is 3.27. The van der Waals surface area contributed by atoms with Crippen molar-refractivity contribution in [3.8, 4) is 0 Å². The lowest BCUT2D eigenvalue weighted by Gasteiger charge is -2.14. The van der Waals surface area contributed by atoms with Crippen LogP contribution in [0.2, 0.25) is 0 Å². The lowest BCUT2D eigenvalue weighted by molar-refractivity contribution is -0.144. The van der Waals surface area contributed by atoms with E-state index in [0.717, 1.165) is 10.7 Å². The molecule has 0 aliphatic heterocycles. The third-order valence-corrected chi connectivity index (χ3v) is 2.17. The maximum absolute atomic E-state index is 12.5. The highest BCUT2D eigenvalue weighted by atomic mass is 19.4. The zero-order valence-corrected chi connectivity index (χ0v) is 8.38. The molecule has 0 N–H and O–H groups in total. The first kappa shape index (κ1) is 11.7. The Morgan fingerprint density at radius 2 is 2.20 bits per heavy atom. The summed E-state index contributed by atoms with van der Waals surface area (Å²) in [5.74, 6) is 0. The average Bonchev–Trinajstić information content (AvgIpc) is 2.59. The van der Waals surface area contributed by atoms with E-state index in [1.807, 2.05) is 0 Å². The van der Waals surface area contributed by atoms with Crippen molar-refractivity contribution in [2.24, 2.45) is 0 Å². The number of carbonyl (C=O) groups excluding carboxylic acids is 1. The summed E-state index contributed by atoms with van der Waals surface area (Å²) < 4.78 is 38.4. The molecule has 0 radical (unpaired) electrons. The number of aldehydes is 1.